The van der Waals surface area contributed by atoms with Crippen molar-refractivity contribution in [2.75, 3.05) is 17.4 Å². The van der Waals surface area contributed by atoms with Gasteiger partial charge in [0.15, 0.2) is 23.2 Å². The molecule has 43 heavy (non-hydrogen) atoms. The number of rotatable bonds is 8. The summed E-state index contributed by atoms with van der Waals surface area (Å²) >= 11 is 6.22. The number of nitrogens with zero attached hydrogens (tertiary/aromatic N) is 4. The molecule has 9 atom stereocenters. The van der Waals surface area contributed by atoms with Crippen LogP contribution in [0.4, 0.5) is 10.6 Å². The molecule has 3 heterocycles. The van der Waals surface area contributed by atoms with Crippen LogP contribution in [-0.4, -0.2) is 86.4 Å². The number of halogens is 1. The molecule has 0 aromatic carbocycles. The Morgan fingerprint density at radius 3 is 2.40 bits per heavy atom. The number of hydrogen-bond donors (Lipinski definition) is 7. The lowest BCUT2D eigenvalue weighted by molar-refractivity contribution is -0.113. The van der Waals surface area contributed by atoms with Crippen LogP contribution >= 0.6 is 26.6 Å². The van der Waals surface area contributed by atoms with Crippen LogP contribution in [0.15, 0.2) is 6.33 Å². The number of nitrogens with one attached hydrogen (secondary N) is 2. The standard InChI is InChI=1S/C25H37ClN6O9P2/c1-23-5-13-6-24(2,8-23)10-25(7-13,9-23)31-22(35)29-18-15-19(30-21(26)28-18)32(11-27-15)20-17(34)16(33)14(41-20)3-4-42(36,37)12-43(38,39)40/h11,13-14,16-17,20,33-34H,3-10,12H2,1-2H3,(H,36,37)(H2,38,39,40)(H2,28,29,30,31,35)/t13?,14?,16?,17?,20?,23-,24+,25?. The average molecular weight is 663 g/mol. The van der Waals surface area contributed by atoms with Crippen molar-refractivity contribution in [3.63, 3.8) is 0 Å². The summed E-state index contributed by atoms with van der Waals surface area (Å²) in [7, 11) is -8.96. The van der Waals surface area contributed by atoms with E-state index in [2.05, 4.69) is 39.4 Å². The Hall–Kier alpha value is -1.67. The predicted octanol–water partition coefficient (Wildman–Crippen LogP) is 2.77. The number of urea groups is 1. The number of aliphatic hydroxyl groups is 2. The van der Waals surface area contributed by atoms with Crippen molar-refractivity contribution in [1.29, 1.82) is 0 Å². The van der Waals surface area contributed by atoms with Gasteiger partial charge in [0.1, 0.15) is 18.1 Å². The quantitative estimate of drug-likeness (QED) is 0.160. The Kier molecular flexibility index (Phi) is 7.60. The smallest absolute Gasteiger partial charge is 0.335 e. The lowest BCUT2D eigenvalue weighted by atomic mass is 9.43. The maximum atomic E-state index is 13.4. The zero-order chi connectivity index (χ0) is 31.2. The molecule has 238 valence electrons. The van der Waals surface area contributed by atoms with Crippen LogP contribution in [0.1, 0.15) is 65.0 Å². The highest BCUT2D eigenvalue weighted by Crippen LogP contribution is 2.66. The van der Waals surface area contributed by atoms with Crippen LogP contribution in [0.2, 0.25) is 5.28 Å². The van der Waals surface area contributed by atoms with Gasteiger partial charge in [-0.25, -0.2) is 9.78 Å². The van der Waals surface area contributed by atoms with Gasteiger partial charge < -0.3 is 34.9 Å². The Labute approximate surface area is 252 Å². The molecule has 2 aromatic heterocycles. The number of anilines is 1. The molecule has 1 saturated heterocycles. The van der Waals surface area contributed by atoms with Gasteiger partial charge in [-0.2, -0.15) is 9.97 Å². The fourth-order valence-electron chi connectivity index (χ4n) is 9.02. The van der Waals surface area contributed by atoms with Crippen molar-refractivity contribution in [3.8, 4) is 0 Å². The molecule has 18 heteroatoms. The summed E-state index contributed by atoms with van der Waals surface area (Å²) in [5.74, 6) is -0.563. The van der Waals surface area contributed by atoms with Gasteiger partial charge >= 0.3 is 13.6 Å². The molecule has 0 spiro atoms. The van der Waals surface area contributed by atoms with E-state index in [9.17, 15) is 29.0 Å². The molecule has 7 rings (SSSR count). The zero-order valence-electron chi connectivity index (χ0n) is 23.8. The largest absolute Gasteiger partial charge is 0.388 e. The molecule has 7 N–H and O–H groups in total. The summed E-state index contributed by atoms with van der Waals surface area (Å²) < 4.78 is 30.5. The zero-order valence-corrected chi connectivity index (χ0v) is 26.3. The number of imidazole rings is 1. The maximum absolute atomic E-state index is 13.4. The number of amides is 2. The van der Waals surface area contributed by atoms with Crippen LogP contribution in [0.5, 0.6) is 0 Å². The van der Waals surface area contributed by atoms with Gasteiger partial charge in [-0.15, -0.1) is 0 Å². The molecule has 15 nitrogen and oxygen atoms in total. The van der Waals surface area contributed by atoms with Crippen LogP contribution in [0, 0.1) is 16.7 Å². The first-order valence-electron chi connectivity index (χ1n) is 14.2. The highest BCUT2D eigenvalue weighted by molar-refractivity contribution is 7.72. The van der Waals surface area contributed by atoms with Crippen LogP contribution in [0.3, 0.4) is 0 Å². The minimum Gasteiger partial charge on any atom is -0.388 e. The molecule has 1 aliphatic heterocycles. The number of carbonyl (C=O) groups is 1. The molecule has 4 saturated carbocycles. The maximum Gasteiger partial charge on any atom is 0.335 e. The number of hydrogen-bond acceptors (Lipinski definition) is 9. The SMILES string of the molecule is C[C@]12CC3CC(NC(=O)Nc4nc(Cl)nc5c4ncn5C4OC(CCP(=O)(O)CP(=O)(O)O)C(O)C4O)(C1)C[C@@](C)(C3)C2. The molecule has 5 aliphatic rings. The predicted molar refractivity (Wildman–Crippen MR) is 155 cm³/mol. The fraction of sp³-hybridized carbons (Fsp3) is 0.760. The Morgan fingerprint density at radius 1 is 1.09 bits per heavy atom. The van der Waals surface area contributed by atoms with Crippen molar-refractivity contribution < 1.29 is 43.6 Å². The second kappa shape index (κ2) is 10.4. The number of fused-ring (bicyclic) bond motifs is 1. The third kappa shape index (κ3) is 6.25. The summed E-state index contributed by atoms with van der Waals surface area (Å²) in [6, 6.07) is -0.434. The Bertz CT molecular complexity index is 1530. The van der Waals surface area contributed by atoms with E-state index < -0.39 is 57.6 Å². The first kappa shape index (κ1) is 31.3. The minimum absolute atomic E-state index is 0.0524. The van der Waals surface area contributed by atoms with E-state index in [1.54, 1.807) is 0 Å². The van der Waals surface area contributed by atoms with Gasteiger partial charge in [0, 0.05) is 11.7 Å². The van der Waals surface area contributed by atoms with Gasteiger partial charge in [-0.3, -0.25) is 19.0 Å². The molecular formula is C25H37ClN6O9P2. The summed E-state index contributed by atoms with van der Waals surface area (Å²) in [4.78, 5) is 54.1. The second-order valence-corrected chi connectivity index (χ2v) is 18.8. The topological polar surface area (TPSA) is 229 Å². The summed E-state index contributed by atoms with van der Waals surface area (Å²) in [6.07, 6.45) is 1.45. The fourth-order valence-corrected chi connectivity index (χ4v) is 12.7. The lowest BCUT2D eigenvalue weighted by Crippen LogP contribution is -2.65. The second-order valence-electron chi connectivity index (χ2n) is 13.9. The van der Waals surface area contributed by atoms with E-state index in [0.29, 0.717) is 5.92 Å². The van der Waals surface area contributed by atoms with E-state index in [1.165, 1.54) is 30.2 Å². The normalized spacial score (nSPS) is 38.4. The van der Waals surface area contributed by atoms with Gasteiger partial charge in [-0.1, -0.05) is 13.8 Å². The third-order valence-electron chi connectivity index (χ3n) is 9.41. The molecule has 5 fully saturated rings. The molecule has 2 aromatic rings. The summed E-state index contributed by atoms with van der Waals surface area (Å²) in [5, 5.41) is 27.2. The summed E-state index contributed by atoms with van der Waals surface area (Å²) in [6.45, 7) is 4.63. The lowest BCUT2D eigenvalue weighted by Gasteiger charge is -2.65. The van der Waals surface area contributed by atoms with Gasteiger partial charge in [-0.05, 0) is 73.3 Å². The van der Waals surface area contributed by atoms with Gasteiger partial charge in [0.25, 0.3) is 0 Å². The van der Waals surface area contributed by atoms with Gasteiger partial charge in [0.05, 0.1) is 12.4 Å². The number of aromatic nitrogens is 4. The highest BCUT2D eigenvalue weighted by atomic mass is 35.5. The van der Waals surface area contributed by atoms with Crippen molar-refractivity contribution >= 4 is 49.6 Å². The van der Waals surface area contributed by atoms with Crippen LogP contribution in [-0.2, 0) is 13.9 Å². The molecule has 4 bridgehead atoms. The van der Waals surface area contributed by atoms with E-state index in [-0.39, 0.29) is 45.1 Å². The van der Waals surface area contributed by atoms with Gasteiger partial charge in [0.2, 0.25) is 12.7 Å². The molecule has 0 radical (unpaired) electrons. The third-order valence-corrected chi connectivity index (χ3v) is 13.8. The Balaban J connectivity index is 1.18. The monoisotopic (exact) mass is 662 g/mol. The van der Waals surface area contributed by atoms with E-state index in [4.69, 9.17) is 26.1 Å². The first-order valence-corrected chi connectivity index (χ1v) is 18.4. The number of ether oxygens (including phenoxy) is 1. The molecule has 7 unspecified atom stereocenters. The molecule has 2 amide bonds. The van der Waals surface area contributed by atoms with E-state index >= 15 is 0 Å². The van der Waals surface area contributed by atoms with Crippen molar-refractivity contribution in [3.05, 3.63) is 11.6 Å². The van der Waals surface area contributed by atoms with Crippen molar-refractivity contribution in [2.24, 2.45) is 16.7 Å². The first-order chi connectivity index (χ1) is 19.9. The average Bonchev–Trinajstić information content (AvgIpc) is 3.34. The molecular weight excluding hydrogens is 626 g/mol. The van der Waals surface area contributed by atoms with Crippen LogP contribution in [0.25, 0.3) is 11.2 Å². The number of aliphatic hydroxyl groups excluding tert-OH is 2. The van der Waals surface area contributed by atoms with Crippen molar-refractivity contribution in [2.45, 2.75) is 88.9 Å². The highest BCUT2D eigenvalue weighted by Gasteiger charge is 2.60. The van der Waals surface area contributed by atoms with E-state index in [1.807, 2.05) is 0 Å². The summed E-state index contributed by atoms with van der Waals surface area (Å²) in [5.41, 5.74) is 0.364. The number of carbonyl (C=O) groups excluding carboxylic acids is 1. The molecule has 4 aliphatic carbocycles. The van der Waals surface area contributed by atoms with Crippen molar-refractivity contribution in [1.82, 2.24) is 24.8 Å². The minimum atomic E-state index is -4.74. The van der Waals surface area contributed by atoms with Crippen LogP contribution < -0.4 is 10.6 Å². The Morgan fingerprint density at radius 2 is 1.77 bits per heavy atom. The van der Waals surface area contributed by atoms with E-state index in [0.717, 1.165) is 19.3 Å².